The fraction of sp³-hybridized carbons (Fsp3) is 0.815. The number of ether oxygens (including phenoxy) is 2. The molecule has 1 heterocycles. The second kappa shape index (κ2) is 13.7. The molecule has 0 radical (unpaired) electrons. The van der Waals surface area contributed by atoms with Crippen molar-refractivity contribution in [3.63, 3.8) is 0 Å². The van der Waals surface area contributed by atoms with Crippen LogP contribution in [0.2, 0.25) is 0 Å². The Morgan fingerprint density at radius 2 is 1.77 bits per heavy atom. The molecule has 0 spiro atoms. The molecule has 1 aliphatic heterocycles. The van der Waals surface area contributed by atoms with Crippen molar-refractivity contribution in [2.24, 2.45) is 11.3 Å². The average molecular weight is 505 g/mol. The van der Waals surface area contributed by atoms with Gasteiger partial charge in [-0.3, -0.25) is 0 Å². The van der Waals surface area contributed by atoms with Crippen LogP contribution in [0, 0.1) is 11.3 Å². The third-order valence-corrected chi connectivity index (χ3v) is 7.55. The van der Waals surface area contributed by atoms with Crippen molar-refractivity contribution >= 4 is 5.97 Å². The van der Waals surface area contributed by atoms with Crippen LogP contribution in [0.15, 0.2) is 24.0 Å². The largest absolute Gasteiger partial charge is 0.479 e. The van der Waals surface area contributed by atoms with E-state index in [9.17, 15) is 28.2 Å². The molecule has 5 nitrogen and oxygen atoms in total. The zero-order chi connectivity index (χ0) is 26.0. The average Bonchev–Trinajstić information content (AvgIpc) is 3.36. The van der Waals surface area contributed by atoms with E-state index in [1.165, 1.54) is 13.0 Å². The smallest absolute Gasteiger partial charge is 0.394 e. The maximum Gasteiger partial charge on any atom is 0.394 e. The first kappa shape index (κ1) is 29.7. The lowest BCUT2D eigenvalue weighted by Gasteiger charge is -2.31. The normalized spacial score (nSPS) is 23.8. The predicted molar refractivity (Wildman–Crippen MR) is 129 cm³/mol. The lowest BCUT2D eigenvalue weighted by atomic mass is 9.80. The summed E-state index contributed by atoms with van der Waals surface area (Å²) >= 11 is 0. The molecule has 0 amide bonds. The fourth-order valence-corrected chi connectivity index (χ4v) is 4.93. The number of hydrogen-bond donors (Lipinski definition) is 2. The number of unbranched alkanes of at least 4 members (excludes halogenated alkanes) is 1. The topological polar surface area (TPSA) is 76.0 Å². The summed E-state index contributed by atoms with van der Waals surface area (Å²) in [5.74, 6) is -0.988. The molecule has 202 valence electrons. The lowest BCUT2D eigenvalue weighted by molar-refractivity contribution is -0.220. The quantitative estimate of drug-likeness (QED) is 0.192. The van der Waals surface area contributed by atoms with Gasteiger partial charge in [0.05, 0.1) is 17.8 Å². The summed E-state index contributed by atoms with van der Waals surface area (Å²) in [6, 6.07) is 0. The van der Waals surface area contributed by atoms with Crippen LogP contribution in [0.25, 0.3) is 0 Å². The minimum absolute atomic E-state index is 0.0570. The van der Waals surface area contributed by atoms with Gasteiger partial charge in [-0.1, -0.05) is 51.7 Å². The zero-order valence-corrected chi connectivity index (χ0v) is 21.2. The van der Waals surface area contributed by atoms with Crippen LogP contribution in [0.4, 0.5) is 13.2 Å². The van der Waals surface area contributed by atoms with Crippen molar-refractivity contribution in [1.29, 1.82) is 0 Å². The molecule has 3 atom stereocenters. The highest BCUT2D eigenvalue weighted by Crippen LogP contribution is 2.45. The highest BCUT2D eigenvalue weighted by Gasteiger charge is 2.49. The Labute approximate surface area is 207 Å². The van der Waals surface area contributed by atoms with Crippen LogP contribution in [0.5, 0.6) is 0 Å². The number of hydrogen-bond acceptors (Lipinski definition) is 4. The minimum Gasteiger partial charge on any atom is -0.479 e. The monoisotopic (exact) mass is 504 g/mol. The van der Waals surface area contributed by atoms with Gasteiger partial charge >= 0.3 is 12.1 Å². The maximum absolute atomic E-state index is 13.8. The van der Waals surface area contributed by atoms with Crippen LogP contribution in [-0.4, -0.2) is 40.9 Å². The number of aliphatic hydroxyl groups is 1. The summed E-state index contributed by atoms with van der Waals surface area (Å²) in [5, 5.41) is 20.3. The molecule has 0 aromatic rings. The highest BCUT2D eigenvalue weighted by atomic mass is 19.4. The number of allylic oxidation sites excluding steroid dienone is 3. The highest BCUT2D eigenvalue weighted by molar-refractivity contribution is 5.77. The Morgan fingerprint density at radius 3 is 2.34 bits per heavy atom. The van der Waals surface area contributed by atoms with E-state index in [0.717, 1.165) is 25.7 Å². The summed E-state index contributed by atoms with van der Waals surface area (Å²) in [6.45, 7) is 3.71. The molecule has 2 unspecified atom stereocenters. The lowest BCUT2D eigenvalue weighted by Crippen LogP contribution is -2.44. The van der Waals surface area contributed by atoms with E-state index in [4.69, 9.17) is 9.47 Å². The summed E-state index contributed by atoms with van der Waals surface area (Å²) in [6.07, 6.45) is 8.03. The first-order valence-electron chi connectivity index (χ1n) is 13.2. The van der Waals surface area contributed by atoms with Gasteiger partial charge in [-0.15, -0.1) is 0 Å². The maximum atomic E-state index is 13.8. The van der Waals surface area contributed by atoms with Gasteiger partial charge in [-0.25, -0.2) is 4.79 Å². The fourth-order valence-electron chi connectivity index (χ4n) is 4.93. The van der Waals surface area contributed by atoms with E-state index in [1.807, 2.05) is 6.92 Å². The van der Waals surface area contributed by atoms with Gasteiger partial charge in [0.2, 0.25) is 0 Å². The number of rotatable bonds is 14. The van der Waals surface area contributed by atoms with Gasteiger partial charge < -0.3 is 19.7 Å². The zero-order valence-electron chi connectivity index (χ0n) is 21.2. The van der Waals surface area contributed by atoms with E-state index >= 15 is 0 Å². The van der Waals surface area contributed by atoms with E-state index in [1.54, 1.807) is 12.2 Å². The summed E-state index contributed by atoms with van der Waals surface area (Å²) in [4.78, 5) is 11.7. The number of halogens is 3. The van der Waals surface area contributed by atoms with E-state index < -0.39 is 29.5 Å². The number of carboxylic acids is 1. The molecule has 0 aromatic carbocycles. The van der Waals surface area contributed by atoms with E-state index in [0.29, 0.717) is 50.9 Å². The molecule has 1 saturated heterocycles. The van der Waals surface area contributed by atoms with Gasteiger partial charge in [0.15, 0.2) is 11.9 Å². The summed E-state index contributed by atoms with van der Waals surface area (Å²) in [7, 11) is 0. The van der Waals surface area contributed by atoms with E-state index in [-0.39, 0.29) is 31.6 Å². The summed E-state index contributed by atoms with van der Waals surface area (Å²) in [5.41, 5.74) is -3.56. The van der Waals surface area contributed by atoms with Gasteiger partial charge in [-0.2, -0.15) is 13.2 Å². The number of alkyl halides is 3. The van der Waals surface area contributed by atoms with Crippen molar-refractivity contribution in [3.8, 4) is 0 Å². The first-order valence-corrected chi connectivity index (χ1v) is 13.2. The Balaban J connectivity index is 2.04. The molecule has 8 heteroatoms. The molecule has 2 fully saturated rings. The second-order valence-corrected chi connectivity index (χ2v) is 10.4. The molecule has 2 N–H and O–H groups in total. The van der Waals surface area contributed by atoms with Crippen molar-refractivity contribution in [2.75, 3.05) is 6.61 Å². The predicted octanol–water partition coefficient (Wildman–Crippen LogP) is 7.29. The van der Waals surface area contributed by atoms with Crippen molar-refractivity contribution in [3.05, 3.63) is 24.0 Å². The number of aliphatic carboxylic acids is 1. The Bertz CT molecular complexity index is 708. The standard InChI is InChI=1S/C27H43F3O5/c1-3-4-17-25(2,27(28,29)30)19-16-22(35-23-15-9-11-20-34-23)14-6-5-10-18-26(33,24(31)32)21-12-7-8-13-21/h5-6,16,21,23,33H,3-4,7-15,17-20H2,1-2H3,(H,31,32)/t23?,25?,26-/m0/s1. The third-order valence-electron chi connectivity index (χ3n) is 7.55. The van der Waals surface area contributed by atoms with Gasteiger partial charge in [-0.05, 0) is 63.4 Å². The molecule has 1 aliphatic carbocycles. The SMILES string of the molecule is CCCCC(C)(CC=C(CC=CCC[C@@](O)(C(=O)O)C1CCCC1)OC1CCCCO1)C(F)(F)F. The molecule has 2 rings (SSSR count). The Morgan fingerprint density at radius 1 is 1.09 bits per heavy atom. The molecule has 2 aliphatic rings. The van der Waals surface area contributed by atoms with Gasteiger partial charge in [0.1, 0.15) is 0 Å². The van der Waals surface area contributed by atoms with Crippen molar-refractivity contribution in [1.82, 2.24) is 0 Å². The Kier molecular flexibility index (Phi) is 11.6. The molecular formula is C27H43F3O5. The van der Waals surface area contributed by atoms with Crippen LogP contribution in [0.1, 0.15) is 104 Å². The molecule has 1 saturated carbocycles. The third kappa shape index (κ3) is 8.81. The molecular weight excluding hydrogens is 461 g/mol. The summed E-state index contributed by atoms with van der Waals surface area (Å²) < 4.78 is 53.0. The molecule has 0 aromatic heterocycles. The van der Waals surface area contributed by atoms with E-state index in [2.05, 4.69) is 0 Å². The second-order valence-electron chi connectivity index (χ2n) is 10.4. The number of carbonyl (C=O) groups is 1. The first-order chi connectivity index (χ1) is 16.5. The minimum atomic E-state index is -4.32. The molecule has 35 heavy (non-hydrogen) atoms. The molecule has 0 bridgehead atoms. The van der Waals surface area contributed by atoms with Crippen molar-refractivity contribution < 1.29 is 37.7 Å². The van der Waals surface area contributed by atoms with Crippen LogP contribution in [-0.2, 0) is 14.3 Å². The van der Waals surface area contributed by atoms with Gasteiger partial charge in [0.25, 0.3) is 0 Å². The van der Waals surface area contributed by atoms with Crippen LogP contribution in [0.3, 0.4) is 0 Å². The van der Waals surface area contributed by atoms with Crippen LogP contribution < -0.4 is 0 Å². The Hall–Kier alpha value is -1.54. The van der Waals surface area contributed by atoms with Crippen LogP contribution >= 0.6 is 0 Å². The number of carboxylic acid groups (broad SMARTS) is 1. The van der Waals surface area contributed by atoms with Crippen molar-refractivity contribution in [2.45, 2.75) is 122 Å². The van der Waals surface area contributed by atoms with Gasteiger partial charge in [0, 0.05) is 12.8 Å².